The third kappa shape index (κ3) is 2.08. The van der Waals surface area contributed by atoms with Gasteiger partial charge in [0.15, 0.2) is 0 Å². The molecular formula is C12H16F2N2. The van der Waals surface area contributed by atoms with E-state index in [-0.39, 0.29) is 17.7 Å². The van der Waals surface area contributed by atoms with Gasteiger partial charge in [0.1, 0.15) is 11.6 Å². The lowest BCUT2D eigenvalue weighted by Gasteiger charge is -2.19. The molecule has 1 aliphatic heterocycles. The fourth-order valence-corrected chi connectivity index (χ4v) is 2.34. The minimum absolute atomic E-state index is 0.0341. The highest BCUT2D eigenvalue weighted by Gasteiger charge is 2.31. The van der Waals surface area contributed by atoms with E-state index in [4.69, 9.17) is 0 Å². The molecule has 2 nitrogen and oxygen atoms in total. The fourth-order valence-electron chi connectivity index (χ4n) is 2.34. The first kappa shape index (κ1) is 11.5. The lowest BCUT2D eigenvalue weighted by molar-refractivity contribution is 0.307. The van der Waals surface area contributed by atoms with Crippen LogP contribution in [0.1, 0.15) is 18.0 Å². The Kier molecular flexibility index (Phi) is 3.21. The molecule has 1 aliphatic rings. The summed E-state index contributed by atoms with van der Waals surface area (Å²) in [5, 5.41) is 3.17. The third-order valence-electron chi connectivity index (χ3n) is 3.27. The molecule has 1 saturated heterocycles. The molecule has 2 unspecified atom stereocenters. The van der Waals surface area contributed by atoms with Crippen molar-refractivity contribution in [1.82, 2.24) is 10.2 Å². The largest absolute Gasteiger partial charge is 0.316 e. The molecule has 1 aromatic rings. The number of likely N-dealkylation sites (N-methyl/N-ethyl adjacent to an activating group) is 2. The van der Waals surface area contributed by atoms with E-state index < -0.39 is 0 Å². The molecule has 0 amide bonds. The van der Waals surface area contributed by atoms with Gasteiger partial charge < -0.3 is 5.32 Å². The molecular weight excluding hydrogens is 210 g/mol. The Labute approximate surface area is 94.3 Å². The van der Waals surface area contributed by atoms with Crippen molar-refractivity contribution in [3.8, 4) is 0 Å². The van der Waals surface area contributed by atoms with Crippen LogP contribution in [0.4, 0.5) is 8.78 Å². The van der Waals surface area contributed by atoms with Crippen molar-refractivity contribution >= 4 is 0 Å². The van der Waals surface area contributed by atoms with Crippen molar-refractivity contribution in [2.75, 3.05) is 20.6 Å². The van der Waals surface area contributed by atoms with Crippen LogP contribution in [0.2, 0.25) is 0 Å². The van der Waals surface area contributed by atoms with Gasteiger partial charge in [-0.15, -0.1) is 0 Å². The molecule has 0 saturated carbocycles. The number of nitrogens with zero attached hydrogens (tertiary/aromatic N) is 1. The van der Waals surface area contributed by atoms with Crippen molar-refractivity contribution in [3.63, 3.8) is 0 Å². The molecule has 4 heteroatoms. The molecule has 88 valence electrons. The summed E-state index contributed by atoms with van der Waals surface area (Å²) in [5.74, 6) is -0.701. The summed E-state index contributed by atoms with van der Waals surface area (Å²) in [5.41, 5.74) is 0.459. The second-order valence-corrected chi connectivity index (χ2v) is 4.34. The number of hydrogen-bond donors (Lipinski definition) is 1. The van der Waals surface area contributed by atoms with Gasteiger partial charge in [0, 0.05) is 24.2 Å². The highest BCUT2D eigenvalue weighted by atomic mass is 19.1. The molecule has 1 fully saturated rings. The van der Waals surface area contributed by atoms with E-state index in [1.54, 1.807) is 0 Å². The standard InChI is InChI=1S/C12H16F2N2/c1-15-9-6-12(16(2)7-9)10-5-8(13)3-4-11(10)14/h3-5,9,12,15H,6-7H2,1-2H3. The summed E-state index contributed by atoms with van der Waals surface area (Å²) in [4.78, 5) is 2.05. The van der Waals surface area contributed by atoms with Crippen molar-refractivity contribution in [1.29, 1.82) is 0 Å². The summed E-state index contributed by atoms with van der Waals surface area (Å²) >= 11 is 0. The number of halogens is 2. The van der Waals surface area contributed by atoms with E-state index in [1.807, 2.05) is 14.1 Å². The van der Waals surface area contributed by atoms with Crippen LogP contribution in [-0.4, -0.2) is 31.6 Å². The van der Waals surface area contributed by atoms with Crippen LogP contribution in [0, 0.1) is 11.6 Å². The van der Waals surface area contributed by atoms with Gasteiger partial charge in [0.25, 0.3) is 0 Å². The molecule has 1 aromatic carbocycles. The Bertz CT molecular complexity index is 381. The monoisotopic (exact) mass is 226 g/mol. The van der Waals surface area contributed by atoms with Gasteiger partial charge in [-0.2, -0.15) is 0 Å². The minimum atomic E-state index is -0.377. The van der Waals surface area contributed by atoms with Crippen LogP contribution >= 0.6 is 0 Å². The fraction of sp³-hybridized carbons (Fsp3) is 0.500. The highest BCUT2D eigenvalue weighted by Crippen LogP contribution is 2.32. The highest BCUT2D eigenvalue weighted by molar-refractivity contribution is 5.23. The average molecular weight is 226 g/mol. The second-order valence-electron chi connectivity index (χ2n) is 4.34. The Hall–Kier alpha value is -1.00. The first-order valence-electron chi connectivity index (χ1n) is 5.44. The van der Waals surface area contributed by atoms with E-state index >= 15 is 0 Å². The topological polar surface area (TPSA) is 15.3 Å². The predicted octanol–water partition coefficient (Wildman–Crippen LogP) is 1.93. The Morgan fingerprint density at radius 3 is 2.75 bits per heavy atom. The van der Waals surface area contributed by atoms with Gasteiger partial charge in [-0.3, -0.25) is 4.90 Å². The summed E-state index contributed by atoms with van der Waals surface area (Å²) < 4.78 is 26.7. The zero-order valence-corrected chi connectivity index (χ0v) is 9.50. The Balaban J connectivity index is 2.27. The van der Waals surface area contributed by atoms with Crippen LogP contribution in [0.5, 0.6) is 0 Å². The van der Waals surface area contributed by atoms with Crippen molar-refractivity contribution in [2.45, 2.75) is 18.5 Å². The molecule has 0 aromatic heterocycles. The van der Waals surface area contributed by atoms with Crippen molar-refractivity contribution < 1.29 is 8.78 Å². The SMILES string of the molecule is CNC1CC(c2cc(F)ccc2F)N(C)C1. The number of likely N-dealkylation sites (tertiary alicyclic amines) is 1. The summed E-state index contributed by atoms with van der Waals surface area (Å²) in [7, 11) is 3.83. The van der Waals surface area contributed by atoms with Crippen molar-refractivity contribution in [3.05, 3.63) is 35.4 Å². The maximum absolute atomic E-state index is 13.6. The quantitative estimate of drug-likeness (QED) is 0.829. The molecule has 16 heavy (non-hydrogen) atoms. The van der Waals surface area contributed by atoms with Gasteiger partial charge in [-0.25, -0.2) is 8.78 Å². The van der Waals surface area contributed by atoms with E-state index in [0.717, 1.165) is 19.0 Å². The lowest BCUT2D eigenvalue weighted by Crippen LogP contribution is -2.27. The molecule has 2 atom stereocenters. The second kappa shape index (κ2) is 4.47. The molecule has 0 spiro atoms. The zero-order valence-electron chi connectivity index (χ0n) is 9.50. The molecule has 1 heterocycles. The number of benzene rings is 1. The van der Waals surface area contributed by atoms with Crippen LogP contribution in [0.25, 0.3) is 0 Å². The average Bonchev–Trinajstić information content (AvgIpc) is 2.63. The smallest absolute Gasteiger partial charge is 0.128 e. The summed E-state index contributed by atoms with van der Waals surface area (Å²) in [6, 6.07) is 3.97. The zero-order chi connectivity index (χ0) is 11.7. The first-order valence-corrected chi connectivity index (χ1v) is 5.44. The van der Waals surface area contributed by atoms with Gasteiger partial charge in [-0.05, 0) is 38.7 Å². The van der Waals surface area contributed by atoms with Crippen LogP contribution in [-0.2, 0) is 0 Å². The van der Waals surface area contributed by atoms with Gasteiger partial charge in [0.05, 0.1) is 0 Å². The predicted molar refractivity (Wildman–Crippen MR) is 59.2 cm³/mol. The van der Waals surface area contributed by atoms with Crippen LogP contribution in [0.15, 0.2) is 18.2 Å². The van der Waals surface area contributed by atoms with E-state index in [2.05, 4.69) is 10.2 Å². The van der Waals surface area contributed by atoms with Gasteiger partial charge in [-0.1, -0.05) is 0 Å². The van der Waals surface area contributed by atoms with E-state index in [0.29, 0.717) is 11.6 Å². The maximum Gasteiger partial charge on any atom is 0.128 e. The van der Waals surface area contributed by atoms with Crippen LogP contribution in [0.3, 0.4) is 0 Å². The maximum atomic E-state index is 13.6. The number of hydrogen-bond acceptors (Lipinski definition) is 2. The lowest BCUT2D eigenvalue weighted by atomic mass is 10.0. The molecule has 1 N–H and O–H groups in total. The van der Waals surface area contributed by atoms with Crippen LogP contribution < -0.4 is 5.32 Å². The molecule has 0 radical (unpaired) electrons. The Morgan fingerprint density at radius 1 is 1.38 bits per heavy atom. The Morgan fingerprint density at radius 2 is 2.12 bits per heavy atom. The van der Waals surface area contributed by atoms with Gasteiger partial charge >= 0.3 is 0 Å². The summed E-state index contributed by atoms with van der Waals surface area (Å²) in [6.07, 6.45) is 0.813. The number of nitrogens with one attached hydrogen (secondary N) is 1. The van der Waals surface area contributed by atoms with E-state index in [9.17, 15) is 8.78 Å². The van der Waals surface area contributed by atoms with E-state index in [1.165, 1.54) is 12.1 Å². The first-order chi connectivity index (χ1) is 7.61. The molecule has 0 bridgehead atoms. The van der Waals surface area contributed by atoms with Gasteiger partial charge in [0.2, 0.25) is 0 Å². The minimum Gasteiger partial charge on any atom is -0.316 e. The normalized spacial score (nSPS) is 26.2. The molecule has 0 aliphatic carbocycles. The number of rotatable bonds is 2. The molecule has 2 rings (SSSR count). The third-order valence-corrected chi connectivity index (χ3v) is 3.27. The summed E-state index contributed by atoms with van der Waals surface area (Å²) in [6.45, 7) is 0.858. The van der Waals surface area contributed by atoms with Crippen molar-refractivity contribution in [2.24, 2.45) is 0 Å².